The average molecular weight is 245 g/mol. The fourth-order valence-corrected chi connectivity index (χ4v) is 2.05. The Morgan fingerprint density at radius 2 is 2.28 bits per heavy atom. The number of nitrogens with two attached hydrogens (primary N) is 1. The van der Waals surface area contributed by atoms with E-state index in [4.69, 9.17) is 15.0 Å². The Hall–Kier alpha value is -1.88. The molecule has 1 atom stereocenters. The van der Waals surface area contributed by atoms with Gasteiger partial charge in [-0.15, -0.1) is 0 Å². The van der Waals surface area contributed by atoms with Crippen LogP contribution in [0, 0.1) is 5.92 Å². The predicted molar refractivity (Wildman–Crippen MR) is 66.6 cm³/mol. The molecule has 0 radical (unpaired) electrons. The molecular formula is C13H15N3O2. The molecule has 1 saturated carbocycles. The molecule has 1 unspecified atom stereocenters. The van der Waals surface area contributed by atoms with E-state index in [0.29, 0.717) is 23.3 Å². The van der Waals surface area contributed by atoms with Gasteiger partial charge in [-0.25, -0.2) is 0 Å². The molecule has 1 heterocycles. The largest absolute Gasteiger partial charge is 0.399 e. The molecule has 0 amide bonds. The van der Waals surface area contributed by atoms with Crippen molar-refractivity contribution in [1.29, 1.82) is 0 Å². The van der Waals surface area contributed by atoms with Gasteiger partial charge in [0, 0.05) is 18.4 Å². The number of nitrogen functional groups attached to an aromatic ring is 1. The van der Waals surface area contributed by atoms with Gasteiger partial charge in [-0.05, 0) is 37.0 Å². The number of methoxy groups -OCH3 is 1. The zero-order chi connectivity index (χ0) is 12.5. The molecule has 0 bridgehead atoms. The lowest BCUT2D eigenvalue weighted by molar-refractivity contribution is 0.0751. The van der Waals surface area contributed by atoms with Gasteiger partial charge in [0.25, 0.3) is 5.89 Å². The van der Waals surface area contributed by atoms with Crippen LogP contribution in [0.5, 0.6) is 0 Å². The first-order chi connectivity index (χ1) is 8.78. The molecule has 1 aromatic carbocycles. The summed E-state index contributed by atoms with van der Waals surface area (Å²) in [5.74, 6) is 1.64. The number of benzene rings is 1. The summed E-state index contributed by atoms with van der Waals surface area (Å²) < 4.78 is 10.7. The van der Waals surface area contributed by atoms with Crippen LogP contribution in [0.15, 0.2) is 28.8 Å². The monoisotopic (exact) mass is 245 g/mol. The number of hydrogen-bond donors (Lipinski definition) is 1. The zero-order valence-electron chi connectivity index (χ0n) is 10.2. The summed E-state index contributed by atoms with van der Waals surface area (Å²) in [4.78, 5) is 4.40. The van der Waals surface area contributed by atoms with Crippen molar-refractivity contribution in [3.05, 3.63) is 30.1 Å². The molecule has 0 spiro atoms. The van der Waals surface area contributed by atoms with Crippen LogP contribution in [-0.4, -0.2) is 17.3 Å². The zero-order valence-corrected chi connectivity index (χ0v) is 10.2. The van der Waals surface area contributed by atoms with Gasteiger partial charge in [0.2, 0.25) is 5.82 Å². The van der Waals surface area contributed by atoms with Crippen molar-refractivity contribution >= 4 is 5.69 Å². The molecular weight excluding hydrogens is 230 g/mol. The number of anilines is 1. The van der Waals surface area contributed by atoms with Crippen LogP contribution in [0.1, 0.15) is 24.8 Å². The summed E-state index contributed by atoms with van der Waals surface area (Å²) in [6.45, 7) is 0. The quantitative estimate of drug-likeness (QED) is 0.837. The van der Waals surface area contributed by atoms with E-state index in [9.17, 15) is 0 Å². The Bertz CT molecular complexity index is 549. The highest BCUT2D eigenvalue weighted by molar-refractivity contribution is 5.59. The van der Waals surface area contributed by atoms with E-state index in [-0.39, 0.29) is 6.10 Å². The molecule has 5 nitrogen and oxygen atoms in total. The van der Waals surface area contributed by atoms with Crippen LogP contribution in [0.4, 0.5) is 5.69 Å². The first-order valence-electron chi connectivity index (χ1n) is 6.00. The van der Waals surface area contributed by atoms with E-state index in [1.807, 2.05) is 24.3 Å². The molecule has 3 rings (SSSR count). The summed E-state index contributed by atoms with van der Waals surface area (Å²) in [5, 5.41) is 4.00. The fourth-order valence-electron chi connectivity index (χ4n) is 2.05. The minimum absolute atomic E-state index is 0.0523. The molecule has 0 saturated heterocycles. The number of hydrogen-bond acceptors (Lipinski definition) is 5. The number of nitrogens with zero attached hydrogens (tertiary/aromatic N) is 2. The summed E-state index contributed by atoms with van der Waals surface area (Å²) >= 11 is 0. The molecule has 2 aromatic rings. The molecule has 18 heavy (non-hydrogen) atoms. The van der Waals surface area contributed by atoms with Crippen molar-refractivity contribution in [1.82, 2.24) is 10.1 Å². The lowest BCUT2D eigenvalue weighted by atomic mass is 10.2. The van der Waals surface area contributed by atoms with Crippen LogP contribution in [-0.2, 0) is 4.74 Å². The topological polar surface area (TPSA) is 74.2 Å². The number of aromatic nitrogens is 2. The average Bonchev–Trinajstić information content (AvgIpc) is 3.07. The predicted octanol–water partition coefficient (Wildman–Crippen LogP) is 2.42. The maximum absolute atomic E-state index is 5.73. The highest BCUT2D eigenvalue weighted by atomic mass is 16.5. The van der Waals surface area contributed by atoms with Crippen LogP contribution in [0.3, 0.4) is 0 Å². The van der Waals surface area contributed by atoms with Crippen molar-refractivity contribution in [2.45, 2.75) is 18.9 Å². The van der Waals surface area contributed by atoms with Crippen LogP contribution >= 0.6 is 0 Å². The van der Waals surface area contributed by atoms with Crippen LogP contribution in [0.2, 0.25) is 0 Å². The summed E-state index contributed by atoms with van der Waals surface area (Å²) in [6, 6.07) is 7.40. The van der Waals surface area contributed by atoms with Gasteiger partial charge in [-0.3, -0.25) is 0 Å². The second-order valence-corrected chi connectivity index (χ2v) is 4.58. The van der Waals surface area contributed by atoms with Crippen molar-refractivity contribution in [3.8, 4) is 11.5 Å². The van der Waals surface area contributed by atoms with Gasteiger partial charge in [-0.2, -0.15) is 4.98 Å². The van der Waals surface area contributed by atoms with Crippen molar-refractivity contribution in [2.75, 3.05) is 12.8 Å². The molecule has 5 heteroatoms. The standard InChI is InChI=1S/C13H15N3O2/c1-17-11(8-5-6-8)12-15-13(18-16-12)9-3-2-4-10(14)7-9/h2-4,7-8,11H,5-6,14H2,1H3. The normalized spacial score (nSPS) is 16.7. The minimum Gasteiger partial charge on any atom is -0.399 e. The summed E-state index contributed by atoms with van der Waals surface area (Å²) in [5.41, 5.74) is 7.24. The molecule has 2 N–H and O–H groups in total. The number of rotatable bonds is 4. The minimum atomic E-state index is -0.0523. The lowest BCUT2D eigenvalue weighted by Gasteiger charge is -2.08. The van der Waals surface area contributed by atoms with Crippen molar-refractivity contribution in [3.63, 3.8) is 0 Å². The second-order valence-electron chi connectivity index (χ2n) is 4.58. The molecule has 1 fully saturated rings. The van der Waals surface area contributed by atoms with E-state index < -0.39 is 0 Å². The maximum atomic E-state index is 5.73. The van der Waals surface area contributed by atoms with E-state index in [1.54, 1.807) is 7.11 Å². The summed E-state index contributed by atoms with van der Waals surface area (Å²) in [6.07, 6.45) is 2.28. The van der Waals surface area contributed by atoms with E-state index in [2.05, 4.69) is 10.1 Å². The smallest absolute Gasteiger partial charge is 0.258 e. The highest BCUT2D eigenvalue weighted by Gasteiger charge is 2.35. The third-order valence-electron chi connectivity index (χ3n) is 3.13. The lowest BCUT2D eigenvalue weighted by Crippen LogP contribution is -2.05. The third kappa shape index (κ3) is 2.09. The second kappa shape index (κ2) is 4.42. The van der Waals surface area contributed by atoms with Gasteiger partial charge in [0.05, 0.1) is 0 Å². The van der Waals surface area contributed by atoms with Gasteiger partial charge in [0.15, 0.2) is 0 Å². The molecule has 94 valence electrons. The SMILES string of the molecule is COC(c1noc(-c2cccc(N)c2)n1)C1CC1. The first kappa shape index (κ1) is 11.2. The van der Waals surface area contributed by atoms with Crippen molar-refractivity contribution in [2.24, 2.45) is 5.92 Å². The van der Waals surface area contributed by atoms with Gasteiger partial charge in [0.1, 0.15) is 6.10 Å². The molecule has 1 aliphatic rings. The molecule has 0 aliphatic heterocycles. The Morgan fingerprint density at radius 3 is 2.94 bits per heavy atom. The van der Waals surface area contributed by atoms with Crippen LogP contribution < -0.4 is 5.73 Å². The Morgan fingerprint density at radius 1 is 1.44 bits per heavy atom. The first-order valence-corrected chi connectivity index (χ1v) is 6.00. The Balaban J connectivity index is 1.88. The van der Waals surface area contributed by atoms with Gasteiger partial charge >= 0.3 is 0 Å². The van der Waals surface area contributed by atoms with Gasteiger partial charge < -0.3 is 15.0 Å². The van der Waals surface area contributed by atoms with E-state index in [1.165, 1.54) is 12.8 Å². The third-order valence-corrected chi connectivity index (χ3v) is 3.13. The molecule has 1 aromatic heterocycles. The summed E-state index contributed by atoms with van der Waals surface area (Å²) in [7, 11) is 1.68. The maximum Gasteiger partial charge on any atom is 0.258 e. The van der Waals surface area contributed by atoms with E-state index in [0.717, 1.165) is 5.56 Å². The Kier molecular flexibility index (Phi) is 2.76. The van der Waals surface area contributed by atoms with E-state index >= 15 is 0 Å². The Labute approximate surface area is 105 Å². The molecule has 1 aliphatic carbocycles. The highest BCUT2D eigenvalue weighted by Crippen LogP contribution is 2.42. The van der Waals surface area contributed by atoms with Crippen molar-refractivity contribution < 1.29 is 9.26 Å². The fraction of sp³-hybridized carbons (Fsp3) is 0.385. The van der Waals surface area contributed by atoms with Crippen LogP contribution in [0.25, 0.3) is 11.5 Å². The number of ether oxygens (including phenoxy) is 1. The van der Waals surface area contributed by atoms with Gasteiger partial charge in [-0.1, -0.05) is 11.2 Å².